The molecule has 3 fully saturated rings. The van der Waals surface area contributed by atoms with Crippen molar-refractivity contribution in [1.29, 1.82) is 0 Å². The lowest BCUT2D eigenvalue weighted by atomic mass is 9.91. The highest BCUT2D eigenvalue weighted by Gasteiger charge is 2.42. The Morgan fingerprint density at radius 2 is 1.77 bits per heavy atom. The van der Waals surface area contributed by atoms with Crippen molar-refractivity contribution in [2.45, 2.75) is 39.4 Å². The van der Waals surface area contributed by atoms with Gasteiger partial charge < -0.3 is 9.64 Å². The van der Waals surface area contributed by atoms with Crippen LogP contribution in [0, 0.1) is 5.41 Å². The molecule has 3 nitrogen and oxygen atoms in total. The van der Waals surface area contributed by atoms with Gasteiger partial charge >= 0.3 is 0 Å². The van der Waals surface area contributed by atoms with Crippen molar-refractivity contribution in [1.82, 2.24) is 4.90 Å². The van der Waals surface area contributed by atoms with E-state index in [1.165, 1.54) is 0 Å². The quantitative estimate of drug-likeness (QED) is 0.561. The number of hydrogen-bond donors (Lipinski definition) is 0. The summed E-state index contributed by atoms with van der Waals surface area (Å²) in [5.74, 6) is 0.255. The molecule has 0 aromatic carbocycles. The van der Waals surface area contributed by atoms with Crippen LogP contribution in [0.3, 0.4) is 0 Å². The molecular weight excluding hydrogens is 166 g/mol. The minimum absolute atomic E-state index is 0.246. The van der Waals surface area contributed by atoms with Gasteiger partial charge in [-0.05, 0) is 0 Å². The van der Waals surface area contributed by atoms with E-state index in [9.17, 15) is 4.79 Å². The van der Waals surface area contributed by atoms with E-state index in [1.807, 2.05) is 25.7 Å². The van der Waals surface area contributed by atoms with Crippen LogP contribution in [0.5, 0.6) is 0 Å². The van der Waals surface area contributed by atoms with Gasteiger partial charge in [0.15, 0.2) is 0 Å². The van der Waals surface area contributed by atoms with Crippen molar-refractivity contribution < 1.29 is 9.53 Å². The summed E-state index contributed by atoms with van der Waals surface area (Å²) in [6.45, 7) is 7.50. The van der Waals surface area contributed by atoms with Gasteiger partial charge in [-0.3, -0.25) is 4.79 Å². The number of carbonyl (C=O) groups excluding carboxylic acids is 1. The fourth-order valence-electron chi connectivity index (χ4n) is 2.00. The number of amides is 1. The number of hydrogen-bond acceptors (Lipinski definition) is 2. The molecule has 74 valence electrons. The summed E-state index contributed by atoms with van der Waals surface area (Å²) in [6, 6.07) is 0. The molecule has 3 rings (SSSR count). The number of morpholine rings is 1. The van der Waals surface area contributed by atoms with E-state index < -0.39 is 0 Å². The van der Waals surface area contributed by atoms with Crippen LogP contribution in [0.25, 0.3) is 0 Å². The first kappa shape index (κ1) is 9.00. The van der Waals surface area contributed by atoms with E-state index in [0.29, 0.717) is 12.2 Å². The summed E-state index contributed by atoms with van der Waals surface area (Å²) in [5, 5.41) is 0. The van der Waals surface area contributed by atoms with Crippen molar-refractivity contribution in [3.63, 3.8) is 0 Å². The van der Waals surface area contributed by atoms with E-state index in [2.05, 4.69) is 0 Å². The lowest BCUT2D eigenvalue weighted by Crippen LogP contribution is -2.60. The third-order valence-corrected chi connectivity index (χ3v) is 2.69. The molecule has 3 aliphatic rings. The van der Waals surface area contributed by atoms with Gasteiger partial charge in [0.1, 0.15) is 0 Å². The van der Waals surface area contributed by atoms with Crippen molar-refractivity contribution in [3.05, 3.63) is 0 Å². The van der Waals surface area contributed by atoms with Crippen molar-refractivity contribution in [3.8, 4) is 0 Å². The molecule has 3 heteroatoms. The van der Waals surface area contributed by atoms with Gasteiger partial charge in [-0.25, -0.2) is 0 Å². The fraction of sp³-hybridized carbons (Fsp3) is 0.900. The number of carbonyl (C=O) groups is 1. The molecule has 0 spiro atoms. The second-order valence-electron chi connectivity index (χ2n) is 5.08. The van der Waals surface area contributed by atoms with Gasteiger partial charge in [0.25, 0.3) is 0 Å². The van der Waals surface area contributed by atoms with E-state index in [0.717, 1.165) is 19.5 Å². The SMILES string of the molecule is CC(C)(C)C(=O)N1CC2CC(C1)O2. The maximum atomic E-state index is 11.9. The summed E-state index contributed by atoms with van der Waals surface area (Å²) in [4.78, 5) is 13.8. The lowest BCUT2D eigenvalue weighted by Gasteiger charge is -2.48. The minimum atomic E-state index is -0.246. The van der Waals surface area contributed by atoms with Crippen LogP contribution in [-0.2, 0) is 9.53 Å². The summed E-state index contributed by atoms with van der Waals surface area (Å²) in [5.41, 5.74) is -0.246. The summed E-state index contributed by atoms with van der Waals surface area (Å²) in [6.07, 6.45) is 1.79. The Morgan fingerprint density at radius 1 is 1.31 bits per heavy atom. The fourth-order valence-corrected chi connectivity index (χ4v) is 2.00. The van der Waals surface area contributed by atoms with Crippen LogP contribution >= 0.6 is 0 Å². The zero-order valence-corrected chi connectivity index (χ0v) is 8.54. The Hall–Kier alpha value is -0.570. The first-order valence-corrected chi connectivity index (χ1v) is 4.91. The first-order valence-electron chi connectivity index (χ1n) is 4.91. The van der Waals surface area contributed by atoms with Gasteiger partial charge in [0, 0.05) is 24.9 Å². The third-order valence-electron chi connectivity index (χ3n) is 2.69. The second kappa shape index (κ2) is 2.71. The molecule has 2 unspecified atom stereocenters. The van der Waals surface area contributed by atoms with Crippen LogP contribution in [0.4, 0.5) is 0 Å². The summed E-state index contributed by atoms with van der Waals surface area (Å²) >= 11 is 0. The van der Waals surface area contributed by atoms with Crippen molar-refractivity contribution in [2.75, 3.05) is 13.1 Å². The highest BCUT2D eigenvalue weighted by molar-refractivity contribution is 5.81. The monoisotopic (exact) mass is 183 g/mol. The second-order valence-corrected chi connectivity index (χ2v) is 5.08. The van der Waals surface area contributed by atoms with Crippen LogP contribution in [-0.4, -0.2) is 36.1 Å². The van der Waals surface area contributed by atoms with Crippen LogP contribution in [0.2, 0.25) is 0 Å². The van der Waals surface area contributed by atoms with E-state index in [4.69, 9.17) is 4.74 Å². The topological polar surface area (TPSA) is 29.5 Å². The zero-order valence-electron chi connectivity index (χ0n) is 8.54. The molecule has 3 aliphatic heterocycles. The Labute approximate surface area is 79.0 Å². The minimum Gasteiger partial charge on any atom is -0.371 e. The highest BCUT2D eigenvalue weighted by atomic mass is 16.5. The predicted molar refractivity (Wildman–Crippen MR) is 49.3 cm³/mol. The largest absolute Gasteiger partial charge is 0.371 e. The Balaban J connectivity index is 1.98. The van der Waals surface area contributed by atoms with E-state index >= 15 is 0 Å². The predicted octanol–water partition coefficient (Wildman–Crippen LogP) is 1.03. The maximum absolute atomic E-state index is 11.9. The Morgan fingerprint density at radius 3 is 2.15 bits per heavy atom. The summed E-state index contributed by atoms with van der Waals surface area (Å²) in [7, 11) is 0. The maximum Gasteiger partial charge on any atom is 0.228 e. The molecule has 1 amide bonds. The van der Waals surface area contributed by atoms with Gasteiger partial charge in [-0.2, -0.15) is 0 Å². The molecule has 0 aromatic rings. The van der Waals surface area contributed by atoms with Gasteiger partial charge in [-0.15, -0.1) is 0 Å². The molecular formula is C10H17NO2. The molecule has 2 atom stereocenters. The molecule has 2 bridgehead atoms. The number of ether oxygens (including phenoxy) is 1. The first-order chi connectivity index (χ1) is 5.97. The molecule has 0 radical (unpaired) electrons. The third kappa shape index (κ3) is 1.57. The average molecular weight is 183 g/mol. The van der Waals surface area contributed by atoms with Crippen LogP contribution in [0.1, 0.15) is 27.2 Å². The Kier molecular flexibility index (Phi) is 1.88. The standard InChI is InChI=1S/C10H17NO2/c1-10(2,3)9(12)11-5-7-4-8(6-11)13-7/h7-8H,4-6H2,1-3H3. The van der Waals surface area contributed by atoms with Gasteiger partial charge in [-0.1, -0.05) is 20.8 Å². The van der Waals surface area contributed by atoms with Crippen LogP contribution in [0.15, 0.2) is 0 Å². The molecule has 13 heavy (non-hydrogen) atoms. The molecule has 0 aliphatic carbocycles. The number of rotatable bonds is 0. The van der Waals surface area contributed by atoms with Gasteiger partial charge in [0.05, 0.1) is 12.2 Å². The normalized spacial score (nSPS) is 32.7. The van der Waals surface area contributed by atoms with E-state index in [1.54, 1.807) is 0 Å². The molecule has 0 N–H and O–H groups in total. The molecule has 3 saturated heterocycles. The number of nitrogens with zero attached hydrogens (tertiary/aromatic N) is 1. The zero-order chi connectivity index (χ0) is 9.64. The smallest absolute Gasteiger partial charge is 0.228 e. The van der Waals surface area contributed by atoms with Crippen LogP contribution < -0.4 is 0 Å². The summed E-state index contributed by atoms with van der Waals surface area (Å²) < 4.78 is 5.47. The molecule has 3 heterocycles. The Bertz CT molecular complexity index is 216. The van der Waals surface area contributed by atoms with Crippen molar-refractivity contribution in [2.24, 2.45) is 5.41 Å². The van der Waals surface area contributed by atoms with Gasteiger partial charge in [0.2, 0.25) is 5.91 Å². The number of fused-ring (bicyclic) bond motifs is 2. The van der Waals surface area contributed by atoms with Crippen molar-refractivity contribution >= 4 is 5.91 Å². The molecule has 0 aromatic heterocycles. The average Bonchev–Trinajstić information content (AvgIpc) is 2.00. The molecule has 0 saturated carbocycles. The lowest BCUT2D eigenvalue weighted by molar-refractivity contribution is -0.191. The highest BCUT2D eigenvalue weighted by Crippen LogP contribution is 2.30. The van der Waals surface area contributed by atoms with E-state index in [-0.39, 0.29) is 11.3 Å². The number of piperidine rings is 1.